The summed E-state index contributed by atoms with van der Waals surface area (Å²) < 4.78 is 27.5. The molecule has 7 rings (SSSR count). The van der Waals surface area contributed by atoms with Crippen LogP contribution in [0.4, 0.5) is 15.9 Å². The van der Waals surface area contributed by atoms with Crippen LogP contribution in [0.3, 0.4) is 0 Å². The number of nitrogens with two attached hydrogens (primary N) is 1. The molecular formula is C31H36FN7O2. The molecule has 5 atom stereocenters. The van der Waals surface area contributed by atoms with Crippen molar-refractivity contribution in [2.45, 2.75) is 81.7 Å². The number of nitriles is 2. The lowest BCUT2D eigenvalue weighted by Crippen LogP contribution is -2.44. The third-order valence-corrected chi connectivity index (χ3v) is 10.2. The van der Waals surface area contributed by atoms with Crippen LogP contribution in [0, 0.1) is 28.6 Å². The van der Waals surface area contributed by atoms with Crippen LogP contribution in [-0.2, 0) is 23.4 Å². The molecule has 41 heavy (non-hydrogen) atoms. The molecule has 1 aliphatic carbocycles. The number of alkyl halides is 1. The molecule has 0 amide bonds. The first-order chi connectivity index (χ1) is 19.8. The summed E-state index contributed by atoms with van der Waals surface area (Å²) in [6.45, 7) is 5.51. The number of benzene rings is 1. The Morgan fingerprint density at radius 2 is 2.07 bits per heavy atom. The Morgan fingerprint density at radius 3 is 2.88 bits per heavy atom. The van der Waals surface area contributed by atoms with Crippen LogP contribution in [0.2, 0.25) is 0 Å². The molecule has 1 spiro atoms. The van der Waals surface area contributed by atoms with Gasteiger partial charge in [-0.05, 0) is 56.2 Å². The van der Waals surface area contributed by atoms with Crippen molar-refractivity contribution in [3.8, 4) is 18.1 Å². The van der Waals surface area contributed by atoms with Crippen LogP contribution in [0.25, 0.3) is 0 Å². The van der Waals surface area contributed by atoms with Crippen LogP contribution >= 0.6 is 0 Å². The first-order valence-electron chi connectivity index (χ1n) is 14.9. The third kappa shape index (κ3) is 4.23. The van der Waals surface area contributed by atoms with Crippen LogP contribution in [0.1, 0.15) is 79.3 Å². The van der Waals surface area contributed by atoms with Crippen LogP contribution < -0.4 is 15.4 Å². The normalized spacial score (nSPS) is 32.3. The largest absolute Gasteiger partial charge is 0.461 e. The molecule has 1 aromatic carbocycles. The monoisotopic (exact) mass is 557 g/mol. The van der Waals surface area contributed by atoms with Crippen molar-refractivity contribution in [2.24, 2.45) is 5.92 Å². The van der Waals surface area contributed by atoms with E-state index in [0.717, 1.165) is 73.4 Å². The second kappa shape index (κ2) is 9.82. The van der Waals surface area contributed by atoms with E-state index in [2.05, 4.69) is 28.9 Å². The molecule has 5 heterocycles. The van der Waals surface area contributed by atoms with E-state index in [1.165, 1.54) is 0 Å². The minimum atomic E-state index is -0.834. The van der Waals surface area contributed by atoms with Gasteiger partial charge >= 0.3 is 6.01 Å². The number of anilines is 2. The molecule has 3 saturated heterocycles. The maximum absolute atomic E-state index is 14.4. The Bertz CT molecular complexity index is 1470. The van der Waals surface area contributed by atoms with Gasteiger partial charge in [0.2, 0.25) is 0 Å². The van der Waals surface area contributed by atoms with Crippen LogP contribution in [0.15, 0.2) is 12.1 Å². The average molecular weight is 558 g/mol. The molecule has 2 aromatic rings. The van der Waals surface area contributed by atoms with E-state index >= 15 is 0 Å². The molecule has 1 aromatic heterocycles. The summed E-state index contributed by atoms with van der Waals surface area (Å²) in [5.41, 5.74) is 9.99. The summed E-state index contributed by atoms with van der Waals surface area (Å²) in [5.74, 6) is 0.991. The predicted octanol–water partition coefficient (Wildman–Crippen LogP) is 4.10. The van der Waals surface area contributed by atoms with Crippen molar-refractivity contribution in [1.82, 2.24) is 14.9 Å². The van der Waals surface area contributed by atoms with Crippen LogP contribution in [-0.4, -0.2) is 59.4 Å². The van der Waals surface area contributed by atoms with Gasteiger partial charge in [0.05, 0.1) is 35.4 Å². The predicted molar refractivity (Wildman–Crippen MR) is 150 cm³/mol. The smallest absolute Gasteiger partial charge is 0.318 e. The van der Waals surface area contributed by atoms with E-state index in [9.17, 15) is 14.9 Å². The number of hydrogen-bond acceptors (Lipinski definition) is 9. The Balaban J connectivity index is 1.28. The molecule has 0 radical (unpaired) electrons. The summed E-state index contributed by atoms with van der Waals surface area (Å²) in [4.78, 5) is 14.2. The van der Waals surface area contributed by atoms with Crippen molar-refractivity contribution in [3.05, 3.63) is 40.1 Å². The quantitative estimate of drug-likeness (QED) is 0.553. The third-order valence-electron chi connectivity index (χ3n) is 10.2. The molecule has 214 valence electrons. The van der Waals surface area contributed by atoms with Gasteiger partial charge in [0.1, 0.15) is 30.3 Å². The fourth-order valence-corrected chi connectivity index (χ4v) is 8.06. The van der Waals surface area contributed by atoms with E-state index in [1.807, 2.05) is 12.1 Å². The molecule has 2 N–H and O–H groups in total. The van der Waals surface area contributed by atoms with Crippen molar-refractivity contribution >= 4 is 11.5 Å². The Morgan fingerprint density at radius 1 is 1.20 bits per heavy atom. The van der Waals surface area contributed by atoms with E-state index < -0.39 is 11.8 Å². The lowest BCUT2D eigenvalue weighted by molar-refractivity contribution is -0.0873. The maximum atomic E-state index is 14.4. The molecule has 3 fully saturated rings. The summed E-state index contributed by atoms with van der Waals surface area (Å²) >= 11 is 0. The number of aromatic nitrogens is 2. The second-order valence-electron chi connectivity index (χ2n) is 12.7. The zero-order valence-corrected chi connectivity index (χ0v) is 23.5. The van der Waals surface area contributed by atoms with Gasteiger partial charge in [-0.1, -0.05) is 13.0 Å². The zero-order chi connectivity index (χ0) is 28.4. The number of ether oxygens (including phenoxy) is 2. The average Bonchev–Trinajstić information content (AvgIpc) is 3.68. The summed E-state index contributed by atoms with van der Waals surface area (Å²) in [5, 5.41) is 19.7. The number of rotatable bonds is 4. The highest BCUT2D eigenvalue weighted by molar-refractivity contribution is 5.64. The maximum Gasteiger partial charge on any atom is 0.318 e. The Hall–Kier alpha value is -3.47. The number of nitrogens with zero attached hydrogens (tertiary/aromatic N) is 6. The van der Waals surface area contributed by atoms with Gasteiger partial charge in [-0.25, -0.2) is 4.39 Å². The van der Waals surface area contributed by atoms with Crippen molar-refractivity contribution in [1.29, 1.82) is 10.5 Å². The highest BCUT2D eigenvalue weighted by Crippen LogP contribution is 2.51. The fourth-order valence-electron chi connectivity index (χ4n) is 8.06. The highest BCUT2D eigenvalue weighted by atomic mass is 19.1. The molecule has 9 nitrogen and oxygen atoms in total. The lowest BCUT2D eigenvalue weighted by Gasteiger charge is -2.45. The summed E-state index contributed by atoms with van der Waals surface area (Å²) in [6, 6.07) is 8.91. The number of fused-ring (bicyclic) bond motifs is 4. The standard InChI is InChI=1S/C31H36FN7O2/c1-19-5-8-31(27-22(19)3-4-25(35)23(27)14-34)12-26-24(17-41-31)28(38-10-6-20(13-33)15-38)37-29(36-26)40-18-30-7-2-9-39(30)16-21(32)11-30/h3-4,19-21H,2,5-12,15-18,35H2,1H3/t19-,20-,21+,30-,31-/m0/s1. The molecule has 4 aliphatic heterocycles. The Kier molecular flexibility index (Phi) is 6.33. The first kappa shape index (κ1) is 26.4. The van der Waals surface area contributed by atoms with Crippen molar-refractivity contribution in [2.75, 3.05) is 43.4 Å². The number of nitrogen functional groups attached to an aromatic ring is 1. The molecule has 0 unspecified atom stereocenters. The van der Waals surface area contributed by atoms with Gasteiger partial charge in [-0.3, -0.25) is 4.90 Å². The topological polar surface area (TPSA) is 124 Å². The SMILES string of the molecule is C[C@H]1CC[C@]2(Cc3nc(OC[C@@]45CCCN4C[C@H](F)C5)nc(N4CC[C@@H](C#N)C4)c3CO2)c2c1ccc(N)c2C#N. The van der Waals surface area contributed by atoms with E-state index in [0.29, 0.717) is 56.3 Å². The minimum absolute atomic E-state index is 0.0559. The Labute approximate surface area is 240 Å². The van der Waals surface area contributed by atoms with Gasteiger partial charge in [-0.2, -0.15) is 20.5 Å². The number of hydrogen-bond donors (Lipinski definition) is 1. The van der Waals surface area contributed by atoms with Gasteiger partial charge in [0, 0.05) is 49.3 Å². The van der Waals surface area contributed by atoms with E-state index in [4.69, 9.17) is 25.2 Å². The van der Waals surface area contributed by atoms with E-state index in [-0.39, 0.29) is 17.5 Å². The van der Waals surface area contributed by atoms with Gasteiger partial charge in [-0.15, -0.1) is 0 Å². The number of halogens is 1. The lowest BCUT2D eigenvalue weighted by atomic mass is 9.69. The second-order valence-corrected chi connectivity index (χ2v) is 12.7. The van der Waals surface area contributed by atoms with Gasteiger partial charge in [0.15, 0.2) is 0 Å². The zero-order valence-electron chi connectivity index (χ0n) is 23.5. The van der Waals surface area contributed by atoms with Crippen molar-refractivity contribution < 1.29 is 13.9 Å². The molecule has 5 aliphatic rings. The van der Waals surface area contributed by atoms with E-state index in [1.54, 1.807) is 0 Å². The van der Waals surface area contributed by atoms with Gasteiger partial charge in [0.25, 0.3) is 0 Å². The summed E-state index contributed by atoms with van der Waals surface area (Å²) in [6.07, 6.45) is 4.53. The van der Waals surface area contributed by atoms with Crippen molar-refractivity contribution in [3.63, 3.8) is 0 Å². The molecular weight excluding hydrogens is 521 g/mol. The first-order valence-corrected chi connectivity index (χ1v) is 14.9. The van der Waals surface area contributed by atoms with Gasteiger partial charge < -0.3 is 20.1 Å². The minimum Gasteiger partial charge on any atom is -0.461 e. The van der Waals surface area contributed by atoms with Crippen LogP contribution in [0.5, 0.6) is 6.01 Å². The molecule has 0 saturated carbocycles. The fraction of sp³-hybridized carbons (Fsp3) is 0.613. The highest BCUT2D eigenvalue weighted by Gasteiger charge is 2.50. The molecule has 10 heteroatoms. The summed E-state index contributed by atoms with van der Waals surface area (Å²) in [7, 11) is 0. The molecule has 0 bridgehead atoms.